The van der Waals surface area contributed by atoms with Crippen LogP contribution in [0.2, 0.25) is 0 Å². The molecule has 0 fully saturated rings. The Balaban J connectivity index is 0. The second-order valence-electron chi connectivity index (χ2n) is 2.14. The minimum absolute atomic E-state index is 0. The summed E-state index contributed by atoms with van der Waals surface area (Å²) in [4.78, 5) is 10.5. The minimum Gasteiger partial charge on any atom is -0.689 e. The fourth-order valence-electron chi connectivity index (χ4n) is 0.240. The average Bonchev–Trinajstić information content (AvgIpc) is 1.59. The molecule has 0 aromatic rings. The molecule has 2 nitrogen and oxygen atoms in total. The molecule has 0 heterocycles. The molecule has 6 heteroatoms. The van der Waals surface area contributed by atoms with E-state index < -0.39 is 6.12 Å². The molecule has 0 unspecified atom stereocenters. The molecule has 56 valence electrons. The molecule has 0 radical (unpaired) electrons. The van der Waals surface area contributed by atoms with Crippen LogP contribution in [-0.4, -0.2) is 6.61 Å². The summed E-state index contributed by atoms with van der Waals surface area (Å²) < 4.78 is 4.68. The van der Waals surface area contributed by atoms with Crippen LogP contribution in [0.3, 0.4) is 0 Å². The van der Waals surface area contributed by atoms with Gasteiger partial charge in [-0.15, -0.1) is 0 Å². The van der Waals surface area contributed by atoms with Crippen molar-refractivity contribution in [2.75, 3.05) is 6.61 Å². The van der Waals surface area contributed by atoms with Crippen LogP contribution < -0.4 is 4.89 Å². The summed E-state index contributed by atoms with van der Waals surface area (Å²) >= 11 is 8.70. The van der Waals surface area contributed by atoms with Gasteiger partial charge in [-0.25, -0.2) is 0 Å². The second-order valence-corrected chi connectivity index (χ2v) is 6.87. The summed E-state index contributed by atoms with van der Waals surface area (Å²) in [6, 6.07) is 0. The fraction of sp³-hybridized carbons (Fsp3) is 1.00. The molecule has 0 saturated heterocycles. The first-order chi connectivity index (χ1) is 3.92. The van der Waals surface area contributed by atoms with E-state index in [1.54, 1.807) is 0 Å². The molecule has 0 N–H and O–H groups in total. The van der Waals surface area contributed by atoms with Gasteiger partial charge in [0.05, 0.1) is 6.61 Å². The van der Waals surface area contributed by atoms with Crippen LogP contribution in [0.15, 0.2) is 0 Å². The van der Waals surface area contributed by atoms with E-state index in [0.717, 1.165) is 0 Å². The van der Waals surface area contributed by atoms with Crippen LogP contribution in [0.4, 0.5) is 0 Å². The third-order valence-corrected chi connectivity index (χ3v) is 1.66. The van der Waals surface area contributed by atoms with Crippen LogP contribution in [0.5, 0.6) is 0 Å². The zero-order valence-electron chi connectivity index (χ0n) is 6.07. The van der Waals surface area contributed by atoms with Crippen LogP contribution in [0.25, 0.3) is 0 Å². The van der Waals surface area contributed by atoms with Gasteiger partial charge in [-0.2, -0.15) is 6.12 Å². The van der Waals surface area contributed by atoms with E-state index in [9.17, 15) is 4.89 Å². The van der Waals surface area contributed by atoms with Crippen molar-refractivity contribution in [3.05, 3.63) is 0 Å². The standard InChI is InChI=1S/C4H11O2PS2.Zn/c1-4(2)3-6-7(5,8)9;/h4H,3H2,1-2H3,(H2,5,8,9);/q;+2/p-2. The predicted molar refractivity (Wildman–Crippen MR) is 42.4 cm³/mol. The molecule has 0 atom stereocenters. The van der Waals surface area contributed by atoms with E-state index in [1.807, 2.05) is 13.8 Å². The van der Waals surface area contributed by atoms with Gasteiger partial charge in [-0.05, 0) is 5.92 Å². The van der Waals surface area contributed by atoms with Crippen molar-refractivity contribution in [1.29, 1.82) is 0 Å². The molecule has 0 aliphatic rings. The largest absolute Gasteiger partial charge is 2.00 e. The fourth-order valence-corrected chi connectivity index (χ4v) is 1.09. The molecule has 0 amide bonds. The maximum Gasteiger partial charge on any atom is 2.00 e. The first-order valence-electron chi connectivity index (χ1n) is 2.58. The van der Waals surface area contributed by atoms with Crippen molar-refractivity contribution < 1.29 is 28.9 Å². The van der Waals surface area contributed by atoms with Crippen LogP contribution >= 0.6 is 6.12 Å². The topological polar surface area (TPSA) is 32.3 Å². The molecule has 10 heavy (non-hydrogen) atoms. The molecule has 0 bridgehead atoms. The summed E-state index contributed by atoms with van der Waals surface area (Å²) in [5.74, 6) is 0.337. The van der Waals surface area contributed by atoms with Crippen molar-refractivity contribution in [2.24, 2.45) is 5.92 Å². The second kappa shape index (κ2) is 6.22. The van der Waals surface area contributed by atoms with Gasteiger partial charge >= 0.3 is 19.5 Å². The summed E-state index contributed by atoms with van der Waals surface area (Å²) in [5, 5.41) is 0. The monoisotopic (exact) mass is 248 g/mol. The van der Waals surface area contributed by atoms with Crippen LogP contribution in [-0.2, 0) is 48.5 Å². The molecule has 0 aliphatic heterocycles. The molecule has 0 aromatic carbocycles. The molecule has 0 aromatic heterocycles. The van der Waals surface area contributed by atoms with E-state index in [0.29, 0.717) is 12.5 Å². The van der Waals surface area contributed by atoms with E-state index in [2.05, 4.69) is 29.0 Å². The van der Waals surface area contributed by atoms with Gasteiger partial charge in [0.2, 0.25) is 0 Å². The minimum atomic E-state index is -3.05. The normalized spacial score (nSPS) is 11.4. The Hall–Kier alpha value is 1.67. The Labute approximate surface area is 85.7 Å². The average molecular weight is 250 g/mol. The summed E-state index contributed by atoms with van der Waals surface area (Å²) in [5.41, 5.74) is 0. The first-order valence-corrected chi connectivity index (χ1v) is 6.23. The Morgan fingerprint density at radius 3 is 2.00 bits per heavy atom. The molecular weight excluding hydrogens is 241 g/mol. The number of rotatable bonds is 3. The van der Waals surface area contributed by atoms with Crippen molar-refractivity contribution in [3.8, 4) is 0 Å². The van der Waals surface area contributed by atoms with Gasteiger partial charge in [0.15, 0.2) is 0 Å². The van der Waals surface area contributed by atoms with Gasteiger partial charge in [-0.3, -0.25) is 4.52 Å². The van der Waals surface area contributed by atoms with Gasteiger partial charge in [-0.1, -0.05) is 13.8 Å². The molecule has 0 spiro atoms. The van der Waals surface area contributed by atoms with Gasteiger partial charge in [0.25, 0.3) is 0 Å². The van der Waals surface area contributed by atoms with Gasteiger partial charge in [0.1, 0.15) is 0 Å². The first kappa shape index (κ1) is 14.2. The van der Waals surface area contributed by atoms with Crippen LogP contribution in [0, 0.1) is 5.92 Å². The Morgan fingerprint density at radius 1 is 1.50 bits per heavy atom. The third kappa shape index (κ3) is 12.4. The Kier molecular flexibility index (Phi) is 8.84. The van der Waals surface area contributed by atoms with E-state index >= 15 is 0 Å². The molecule has 0 rings (SSSR count). The Morgan fingerprint density at radius 2 is 1.90 bits per heavy atom. The third-order valence-electron chi connectivity index (χ3n) is 0.566. The predicted octanol–water partition coefficient (Wildman–Crippen LogP) is 0.788. The van der Waals surface area contributed by atoms with Crippen LogP contribution in [0.1, 0.15) is 13.8 Å². The summed E-state index contributed by atoms with van der Waals surface area (Å²) in [6.45, 7) is 4.28. The van der Waals surface area contributed by atoms with Crippen molar-refractivity contribution >= 4 is 30.6 Å². The molecule has 0 saturated carbocycles. The van der Waals surface area contributed by atoms with E-state index in [4.69, 9.17) is 0 Å². The van der Waals surface area contributed by atoms with E-state index in [1.165, 1.54) is 0 Å². The quantitative estimate of drug-likeness (QED) is 0.421. The zero-order chi connectivity index (χ0) is 7.49. The zero-order valence-corrected chi connectivity index (χ0v) is 11.6. The van der Waals surface area contributed by atoms with Crippen molar-refractivity contribution in [1.82, 2.24) is 0 Å². The van der Waals surface area contributed by atoms with Gasteiger partial charge < -0.3 is 29.4 Å². The molecular formula is C4H9O2PS2Zn. The van der Waals surface area contributed by atoms with Gasteiger partial charge in [0, 0.05) is 0 Å². The maximum absolute atomic E-state index is 10.5. The number of hydrogen-bond donors (Lipinski definition) is 0. The SMILES string of the molecule is CC(C)CO[P+]([O-])([S-])[S-].[Zn+2]. The summed E-state index contributed by atoms with van der Waals surface area (Å²) in [6.07, 6.45) is -3.05. The number of hydrogen-bond acceptors (Lipinski definition) is 4. The Bertz CT molecular complexity index is 85.8. The molecule has 0 aliphatic carbocycles. The van der Waals surface area contributed by atoms with Crippen molar-refractivity contribution in [3.63, 3.8) is 0 Å². The van der Waals surface area contributed by atoms with E-state index in [-0.39, 0.29) is 19.5 Å². The smallest absolute Gasteiger partial charge is 0.689 e. The van der Waals surface area contributed by atoms with Crippen molar-refractivity contribution in [2.45, 2.75) is 13.8 Å². The summed E-state index contributed by atoms with van der Waals surface area (Å²) in [7, 11) is 0. The maximum atomic E-state index is 10.5.